The van der Waals surface area contributed by atoms with Crippen molar-refractivity contribution in [3.8, 4) is 5.75 Å². The van der Waals surface area contributed by atoms with E-state index in [2.05, 4.69) is 0 Å². The Kier molecular flexibility index (Phi) is 2.53. The topological polar surface area (TPSA) is 83.5 Å². The zero-order chi connectivity index (χ0) is 10.0. The second-order valence-electron chi connectivity index (χ2n) is 2.88. The van der Waals surface area contributed by atoms with E-state index in [1.54, 1.807) is 19.1 Å². The average molecular weight is 181 g/mol. The zero-order valence-electron chi connectivity index (χ0n) is 7.19. The fraction of sp³-hybridized carbons (Fsp3) is 0.222. The molecule has 0 saturated heterocycles. The third-order valence-electron chi connectivity index (χ3n) is 1.78. The summed E-state index contributed by atoms with van der Waals surface area (Å²) in [5, 5.41) is 17.9. The van der Waals surface area contributed by atoms with Crippen LogP contribution in [0.2, 0.25) is 0 Å². The largest absolute Gasteiger partial charge is 0.508 e. The van der Waals surface area contributed by atoms with Gasteiger partial charge in [0.1, 0.15) is 11.8 Å². The summed E-state index contributed by atoms with van der Waals surface area (Å²) in [6.45, 7) is 1.80. The lowest BCUT2D eigenvalue weighted by molar-refractivity contribution is -0.138. The van der Waals surface area contributed by atoms with Crippen LogP contribution < -0.4 is 5.73 Å². The fourth-order valence-electron chi connectivity index (χ4n) is 1.06. The molecule has 4 heteroatoms. The highest BCUT2D eigenvalue weighted by molar-refractivity contribution is 5.76. The molecule has 0 aliphatic heterocycles. The van der Waals surface area contributed by atoms with E-state index in [4.69, 9.17) is 10.8 Å². The van der Waals surface area contributed by atoms with Gasteiger partial charge in [-0.2, -0.15) is 0 Å². The number of nitrogens with two attached hydrogens (primary N) is 1. The van der Waals surface area contributed by atoms with Crippen molar-refractivity contribution in [2.45, 2.75) is 13.0 Å². The van der Waals surface area contributed by atoms with Crippen molar-refractivity contribution >= 4 is 5.97 Å². The first kappa shape index (κ1) is 9.54. The number of benzene rings is 1. The maximum absolute atomic E-state index is 10.5. The van der Waals surface area contributed by atoms with Crippen LogP contribution in [0.3, 0.4) is 0 Å². The number of carboxylic acids is 1. The number of hydrogen-bond donors (Lipinski definition) is 3. The summed E-state index contributed by atoms with van der Waals surface area (Å²) in [5.74, 6) is -1.23. The first-order valence-corrected chi connectivity index (χ1v) is 3.80. The Morgan fingerprint density at radius 1 is 1.54 bits per heavy atom. The molecule has 4 nitrogen and oxygen atoms in total. The molecule has 4 N–H and O–H groups in total. The summed E-state index contributed by atoms with van der Waals surface area (Å²) in [5.41, 5.74) is 6.46. The standard InChI is InChI=1S/C9H11NO3/c1-5-2-3-7(11)6(4-5)8(10)9(12)13/h2-4,8,11H,10H2,1H3,(H,12,13)/t8-/m0/s1. The van der Waals surface area contributed by atoms with Gasteiger partial charge in [0.15, 0.2) is 0 Å². The van der Waals surface area contributed by atoms with Gasteiger partial charge < -0.3 is 15.9 Å². The molecule has 0 aliphatic carbocycles. The molecule has 0 aromatic heterocycles. The molecule has 0 saturated carbocycles. The van der Waals surface area contributed by atoms with Crippen molar-refractivity contribution in [1.29, 1.82) is 0 Å². The lowest BCUT2D eigenvalue weighted by atomic mass is 10.0. The lowest BCUT2D eigenvalue weighted by Crippen LogP contribution is -2.20. The van der Waals surface area contributed by atoms with E-state index < -0.39 is 12.0 Å². The van der Waals surface area contributed by atoms with Gasteiger partial charge >= 0.3 is 5.97 Å². The summed E-state index contributed by atoms with van der Waals surface area (Å²) in [4.78, 5) is 10.5. The number of carbonyl (C=O) groups is 1. The van der Waals surface area contributed by atoms with Crippen molar-refractivity contribution in [3.63, 3.8) is 0 Å². The van der Waals surface area contributed by atoms with E-state index in [1.165, 1.54) is 6.07 Å². The highest BCUT2D eigenvalue weighted by Crippen LogP contribution is 2.23. The first-order chi connectivity index (χ1) is 6.02. The number of aromatic hydroxyl groups is 1. The predicted molar refractivity (Wildman–Crippen MR) is 47.4 cm³/mol. The van der Waals surface area contributed by atoms with Crippen molar-refractivity contribution in [2.24, 2.45) is 5.73 Å². The van der Waals surface area contributed by atoms with Crippen LogP contribution in [0, 0.1) is 6.92 Å². The van der Waals surface area contributed by atoms with Gasteiger partial charge in [-0.25, -0.2) is 0 Å². The molecule has 1 aromatic rings. The van der Waals surface area contributed by atoms with Gasteiger partial charge in [-0.3, -0.25) is 4.79 Å². The normalized spacial score (nSPS) is 12.5. The van der Waals surface area contributed by atoms with E-state index >= 15 is 0 Å². The minimum atomic E-state index is -1.17. The Balaban J connectivity index is 3.12. The third-order valence-corrected chi connectivity index (χ3v) is 1.78. The second-order valence-corrected chi connectivity index (χ2v) is 2.88. The first-order valence-electron chi connectivity index (χ1n) is 3.80. The van der Waals surface area contributed by atoms with Crippen LogP contribution in [-0.2, 0) is 4.79 Å². The molecular weight excluding hydrogens is 170 g/mol. The van der Waals surface area contributed by atoms with Crippen LogP contribution in [0.1, 0.15) is 17.2 Å². The van der Waals surface area contributed by atoms with Gasteiger partial charge in [-0.15, -0.1) is 0 Å². The van der Waals surface area contributed by atoms with E-state index in [1.807, 2.05) is 0 Å². The summed E-state index contributed by atoms with van der Waals surface area (Å²) in [6.07, 6.45) is 0. The molecule has 1 atom stereocenters. The maximum atomic E-state index is 10.5. The Morgan fingerprint density at radius 3 is 2.69 bits per heavy atom. The highest BCUT2D eigenvalue weighted by atomic mass is 16.4. The summed E-state index contributed by atoms with van der Waals surface area (Å²) >= 11 is 0. The van der Waals surface area contributed by atoms with Crippen molar-refractivity contribution in [2.75, 3.05) is 0 Å². The van der Waals surface area contributed by atoms with Crippen molar-refractivity contribution in [1.82, 2.24) is 0 Å². The van der Waals surface area contributed by atoms with E-state index in [-0.39, 0.29) is 11.3 Å². The monoisotopic (exact) mass is 181 g/mol. The predicted octanol–water partition coefficient (Wildman–Crippen LogP) is 0.785. The molecule has 70 valence electrons. The second kappa shape index (κ2) is 3.45. The molecule has 13 heavy (non-hydrogen) atoms. The van der Waals surface area contributed by atoms with Crippen molar-refractivity contribution in [3.05, 3.63) is 29.3 Å². The molecule has 0 unspecified atom stereocenters. The molecule has 0 amide bonds. The molecule has 1 rings (SSSR count). The minimum absolute atomic E-state index is 0.0829. The average Bonchev–Trinajstić information content (AvgIpc) is 2.08. The van der Waals surface area contributed by atoms with Gasteiger partial charge in [0.25, 0.3) is 0 Å². The molecule has 0 aliphatic rings. The Labute approximate surface area is 75.6 Å². The minimum Gasteiger partial charge on any atom is -0.508 e. The Bertz CT molecular complexity index is 336. The van der Waals surface area contributed by atoms with E-state index in [9.17, 15) is 9.90 Å². The number of aryl methyl sites for hydroxylation is 1. The van der Waals surface area contributed by atoms with Gasteiger partial charge in [0.05, 0.1) is 0 Å². The molecule has 0 bridgehead atoms. The number of carboxylic acid groups (broad SMARTS) is 1. The molecule has 1 aromatic carbocycles. The highest BCUT2D eigenvalue weighted by Gasteiger charge is 2.17. The summed E-state index contributed by atoms with van der Waals surface area (Å²) in [6, 6.07) is 3.52. The van der Waals surface area contributed by atoms with Crippen LogP contribution >= 0.6 is 0 Å². The quantitative estimate of drug-likeness (QED) is 0.629. The van der Waals surface area contributed by atoms with Crippen LogP contribution in [0.25, 0.3) is 0 Å². The molecule has 0 radical (unpaired) electrons. The maximum Gasteiger partial charge on any atom is 0.325 e. The molecule has 0 fully saturated rings. The molecular formula is C9H11NO3. The van der Waals surface area contributed by atoms with Gasteiger partial charge in [-0.1, -0.05) is 17.7 Å². The van der Waals surface area contributed by atoms with E-state index in [0.717, 1.165) is 5.56 Å². The number of phenols is 1. The number of phenolic OH excluding ortho intramolecular Hbond substituents is 1. The fourth-order valence-corrected chi connectivity index (χ4v) is 1.06. The molecule has 0 heterocycles. The summed E-state index contributed by atoms with van der Waals surface area (Å²) in [7, 11) is 0. The Morgan fingerprint density at radius 2 is 2.15 bits per heavy atom. The van der Waals surface area contributed by atoms with Crippen LogP contribution in [-0.4, -0.2) is 16.2 Å². The van der Waals surface area contributed by atoms with E-state index in [0.29, 0.717) is 0 Å². The zero-order valence-corrected chi connectivity index (χ0v) is 7.19. The number of rotatable bonds is 2. The SMILES string of the molecule is Cc1ccc(O)c([C@H](N)C(=O)O)c1. The van der Waals surface area contributed by atoms with Gasteiger partial charge in [0, 0.05) is 5.56 Å². The number of hydrogen-bond acceptors (Lipinski definition) is 3. The van der Waals surface area contributed by atoms with Gasteiger partial charge in [-0.05, 0) is 13.0 Å². The Hall–Kier alpha value is -1.55. The van der Waals surface area contributed by atoms with Crippen LogP contribution in [0.5, 0.6) is 5.75 Å². The lowest BCUT2D eigenvalue weighted by Gasteiger charge is -2.09. The van der Waals surface area contributed by atoms with Crippen LogP contribution in [0.15, 0.2) is 18.2 Å². The smallest absolute Gasteiger partial charge is 0.325 e. The third kappa shape index (κ3) is 1.97. The van der Waals surface area contributed by atoms with Gasteiger partial charge in [0.2, 0.25) is 0 Å². The van der Waals surface area contributed by atoms with Crippen molar-refractivity contribution < 1.29 is 15.0 Å². The van der Waals surface area contributed by atoms with Crippen LogP contribution in [0.4, 0.5) is 0 Å². The molecule has 0 spiro atoms. The summed E-state index contributed by atoms with van der Waals surface area (Å²) < 4.78 is 0. The number of aliphatic carboxylic acids is 1.